The van der Waals surface area contributed by atoms with Gasteiger partial charge in [-0.1, -0.05) is 24.9 Å². The lowest BCUT2D eigenvalue weighted by Gasteiger charge is -2.20. The largest absolute Gasteiger partial charge is 0.376 e. The highest BCUT2D eigenvalue weighted by atomic mass is 35.5. The Kier molecular flexibility index (Phi) is 5.59. The van der Waals surface area contributed by atoms with E-state index in [1.807, 2.05) is 20.8 Å². The van der Waals surface area contributed by atoms with Gasteiger partial charge in [0.1, 0.15) is 5.60 Å². The molecule has 0 aliphatic carbocycles. The van der Waals surface area contributed by atoms with Crippen molar-refractivity contribution in [3.05, 3.63) is 34.9 Å². The van der Waals surface area contributed by atoms with Crippen molar-refractivity contribution in [2.24, 2.45) is 0 Å². The fourth-order valence-electron chi connectivity index (χ4n) is 1.42. The molecule has 0 saturated heterocycles. The van der Waals surface area contributed by atoms with E-state index in [1.165, 1.54) is 0 Å². The molecule has 0 radical (unpaired) electrons. The number of hydrogen-bond acceptors (Lipinski definition) is 4. The van der Waals surface area contributed by atoms with E-state index in [2.05, 4.69) is 9.93 Å². The molecule has 100 valence electrons. The van der Waals surface area contributed by atoms with Gasteiger partial charge in [-0.25, -0.2) is 4.79 Å². The molecule has 0 heterocycles. The highest BCUT2D eigenvalue weighted by molar-refractivity contribution is 6.30. The summed E-state index contributed by atoms with van der Waals surface area (Å²) in [4.78, 5) is 21.1. The summed E-state index contributed by atoms with van der Waals surface area (Å²) in [5.74, 6) is -0.626. The predicted molar refractivity (Wildman–Crippen MR) is 68.0 cm³/mol. The average molecular weight is 273 g/mol. The molecule has 0 atom stereocenters. The van der Waals surface area contributed by atoms with Crippen LogP contribution in [0.15, 0.2) is 24.3 Å². The second-order valence-corrected chi connectivity index (χ2v) is 4.98. The minimum atomic E-state index is -0.626. The van der Waals surface area contributed by atoms with Gasteiger partial charge in [-0.3, -0.25) is 4.89 Å². The Morgan fingerprint density at radius 1 is 1.28 bits per heavy atom. The van der Waals surface area contributed by atoms with Crippen LogP contribution >= 0.6 is 11.6 Å². The molecule has 0 aliphatic heterocycles. The van der Waals surface area contributed by atoms with Crippen LogP contribution in [0.25, 0.3) is 0 Å². The minimum absolute atomic E-state index is 0.344. The summed E-state index contributed by atoms with van der Waals surface area (Å²) in [7, 11) is 0. The van der Waals surface area contributed by atoms with E-state index in [-0.39, 0.29) is 0 Å². The predicted octanol–water partition coefficient (Wildman–Crippen LogP) is 3.94. The number of halogens is 1. The smallest absolute Gasteiger partial charge is 0.263 e. The summed E-state index contributed by atoms with van der Waals surface area (Å²) in [5.41, 5.74) is -0.147. The Bertz CT molecular complexity index is 386. The van der Waals surface area contributed by atoms with E-state index >= 15 is 0 Å². The van der Waals surface area contributed by atoms with Gasteiger partial charge in [-0.05, 0) is 49.6 Å². The molecule has 0 aromatic heterocycles. The van der Waals surface area contributed by atoms with Crippen LogP contribution in [0.1, 0.15) is 44.0 Å². The first kappa shape index (κ1) is 15.0. The van der Waals surface area contributed by atoms with E-state index in [0.29, 0.717) is 10.6 Å². The molecule has 1 rings (SSSR count). The quantitative estimate of drug-likeness (QED) is 0.581. The van der Waals surface area contributed by atoms with Crippen molar-refractivity contribution in [3.8, 4) is 0 Å². The Balaban J connectivity index is 2.40. The lowest BCUT2D eigenvalue weighted by molar-refractivity contribution is -0.513. The molecule has 5 heteroatoms. The lowest BCUT2D eigenvalue weighted by Crippen LogP contribution is -2.25. The molecule has 18 heavy (non-hydrogen) atoms. The Morgan fingerprint density at radius 3 is 2.44 bits per heavy atom. The van der Waals surface area contributed by atoms with Crippen molar-refractivity contribution < 1.29 is 19.6 Å². The van der Waals surface area contributed by atoms with Crippen LogP contribution in [-0.4, -0.2) is 11.6 Å². The van der Waals surface area contributed by atoms with Gasteiger partial charge in [-0.15, -0.1) is 0 Å². The molecule has 0 N–H and O–H groups in total. The zero-order chi connectivity index (χ0) is 13.6. The highest BCUT2D eigenvalue weighted by Crippen LogP contribution is 2.17. The van der Waals surface area contributed by atoms with Crippen LogP contribution in [0.2, 0.25) is 5.02 Å². The average Bonchev–Trinajstić information content (AvgIpc) is 2.29. The number of carbonyl (C=O) groups is 1. The zero-order valence-corrected chi connectivity index (χ0v) is 11.5. The molecule has 1 aromatic carbocycles. The van der Waals surface area contributed by atoms with E-state index in [1.54, 1.807) is 24.3 Å². The van der Waals surface area contributed by atoms with Crippen LogP contribution in [0.3, 0.4) is 0 Å². The molecule has 0 fully saturated rings. The lowest BCUT2D eigenvalue weighted by atomic mass is 10.0. The first-order chi connectivity index (χ1) is 8.44. The molecule has 0 aliphatic rings. The fraction of sp³-hybridized carbons (Fsp3) is 0.462. The zero-order valence-electron chi connectivity index (χ0n) is 10.7. The first-order valence-electron chi connectivity index (χ1n) is 5.77. The SMILES string of the molecule is CCCC(C)(C)OOOC(=O)c1ccc(Cl)cc1. The Hall–Kier alpha value is -1.10. The number of hydrogen-bond donors (Lipinski definition) is 0. The van der Waals surface area contributed by atoms with Gasteiger partial charge in [0.25, 0.3) is 0 Å². The number of benzene rings is 1. The van der Waals surface area contributed by atoms with Crippen LogP contribution in [0.5, 0.6) is 0 Å². The molecule has 0 spiro atoms. The second-order valence-electron chi connectivity index (χ2n) is 4.54. The highest BCUT2D eigenvalue weighted by Gasteiger charge is 2.20. The molecule has 4 nitrogen and oxygen atoms in total. The van der Waals surface area contributed by atoms with E-state index in [4.69, 9.17) is 16.5 Å². The van der Waals surface area contributed by atoms with Gasteiger partial charge in [0, 0.05) is 5.02 Å². The summed E-state index contributed by atoms with van der Waals surface area (Å²) >= 11 is 5.71. The van der Waals surface area contributed by atoms with Gasteiger partial charge in [0.15, 0.2) is 0 Å². The van der Waals surface area contributed by atoms with Crippen molar-refractivity contribution in [2.45, 2.75) is 39.2 Å². The van der Waals surface area contributed by atoms with Gasteiger partial charge in [0.05, 0.1) is 5.56 Å². The molecular weight excluding hydrogens is 256 g/mol. The van der Waals surface area contributed by atoms with Crippen LogP contribution < -0.4 is 0 Å². The molecule has 1 aromatic rings. The van der Waals surface area contributed by atoms with Crippen molar-refractivity contribution in [3.63, 3.8) is 0 Å². The minimum Gasteiger partial charge on any atom is -0.263 e. The normalized spacial score (nSPS) is 11.3. The summed E-state index contributed by atoms with van der Waals surface area (Å²) in [5, 5.41) is 5.06. The van der Waals surface area contributed by atoms with Crippen LogP contribution in [-0.2, 0) is 14.8 Å². The Morgan fingerprint density at radius 2 is 1.89 bits per heavy atom. The third kappa shape index (κ3) is 5.04. The fourth-order valence-corrected chi connectivity index (χ4v) is 1.54. The summed E-state index contributed by atoms with van der Waals surface area (Å²) in [6.07, 6.45) is 1.74. The summed E-state index contributed by atoms with van der Waals surface area (Å²) in [6.45, 7) is 5.74. The molecule has 0 bridgehead atoms. The maximum Gasteiger partial charge on any atom is 0.376 e. The molecule has 0 amide bonds. The maximum atomic E-state index is 11.5. The number of carbonyl (C=O) groups excluding carboxylic acids is 1. The van der Waals surface area contributed by atoms with Gasteiger partial charge < -0.3 is 0 Å². The van der Waals surface area contributed by atoms with Gasteiger partial charge >= 0.3 is 5.97 Å². The van der Waals surface area contributed by atoms with Crippen molar-refractivity contribution in [1.29, 1.82) is 0 Å². The number of rotatable bonds is 6. The van der Waals surface area contributed by atoms with Gasteiger partial charge in [0.2, 0.25) is 0 Å². The van der Waals surface area contributed by atoms with E-state index in [9.17, 15) is 4.79 Å². The molecule has 0 saturated carbocycles. The standard InChI is InChI=1S/C13H17ClO4/c1-4-9-13(2,3)17-18-16-12(15)10-5-7-11(14)8-6-10/h5-8H,4,9H2,1-3H3. The molecular formula is C13H17ClO4. The first-order valence-corrected chi connectivity index (χ1v) is 6.14. The second kappa shape index (κ2) is 6.73. The monoisotopic (exact) mass is 272 g/mol. The van der Waals surface area contributed by atoms with Gasteiger partial charge in [-0.2, -0.15) is 4.89 Å². The molecule has 0 unspecified atom stereocenters. The van der Waals surface area contributed by atoms with E-state index in [0.717, 1.165) is 12.8 Å². The Labute approximate surface area is 112 Å². The van der Waals surface area contributed by atoms with Crippen LogP contribution in [0.4, 0.5) is 0 Å². The van der Waals surface area contributed by atoms with E-state index < -0.39 is 11.6 Å². The summed E-state index contributed by atoms with van der Waals surface area (Å²) in [6, 6.07) is 6.29. The topological polar surface area (TPSA) is 44.8 Å². The third-order valence-electron chi connectivity index (χ3n) is 2.30. The van der Waals surface area contributed by atoms with Crippen molar-refractivity contribution in [2.75, 3.05) is 0 Å². The van der Waals surface area contributed by atoms with Crippen LogP contribution in [0, 0.1) is 0 Å². The third-order valence-corrected chi connectivity index (χ3v) is 2.55. The van der Waals surface area contributed by atoms with Crippen molar-refractivity contribution in [1.82, 2.24) is 0 Å². The van der Waals surface area contributed by atoms with Crippen molar-refractivity contribution >= 4 is 17.6 Å². The maximum absolute atomic E-state index is 11.5. The summed E-state index contributed by atoms with van der Waals surface area (Å²) < 4.78 is 0.